The van der Waals surface area contributed by atoms with Crippen LogP contribution in [0.3, 0.4) is 0 Å². The standard InChI is InChI=1S/C6H6ClNO.C6H10O2/c7-5-3-4(8)1-2-6(5)9;1-3-7-6-2-4-8-5(1)6/h1-3,9H,8H2;5-6H,1-4H2/t;5-,6-/m.1/s1. The third-order valence-corrected chi connectivity index (χ3v) is 3.16. The Hall–Kier alpha value is -0.970. The van der Waals surface area contributed by atoms with Crippen molar-refractivity contribution in [3.05, 3.63) is 23.2 Å². The van der Waals surface area contributed by atoms with Crippen molar-refractivity contribution >= 4 is 17.3 Å². The highest BCUT2D eigenvalue weighted by Gasteiger charge is 2.33. The van der Waals surface area contributed by atoms with Crippen molar-refractivity contribution in [3.63, 3.8) is 0 Å². The first-order valence-electron chi connectivity index (χ1n) is 5.64. The summed E-state index contributed by atoms with van der Waals surface area (Å²) in [5.41, 5.74) is 5.89. The van der Waals surface area contributed by atoms with E-state index in [1.54, 1.807) is 6.07 Å². The van der Waals surface area contributed by atoms with Crippen LogP contribution in [0.15, 0.2) is 18.2 Å². The molecule has 0 aliphatic carbocycles. The monoisotopic (exact) mass is 257 g/mol. The van der Waals surface area contributed by atoms with E-state index in [4.69, 9.17) is 31.9 Å². The number of rotatable bonds is 0. The maximum absolute atomic E-state index is 8.86. The minimum absolute atomic E-state index is 0.0610. The number of halogens is 1. The van der Waals surface area contributed by atoms with Crippen molar-refractivity contribution in [2.75, 3.05) is 18.9 Å². The molecule has 0 amide bonds. The van der Waals surface area contributed by atoms with E-state index in [-0.39, 0.29) is 10.8 Å². The molecule has 2 aliphatic heterocycles. The molecule has 0 radical (unpaired) electrons. The number of anilines is 1. The van der Waals surface area contributed by atoms with Gasteiger partial charge in [-0.25, -0.2) is 0 Å². The second kappa shape index (κ2) is 5.58. The zero-order chi connectivity index (χ0) is 12.3. The molecule has 5 heteroatoms. The van der Waals surface area contributed by atoms with Gasteiger partial charge < -0.3 is 20.3 Å². The number of nitrogen functional groups attached to an aromatic ring is 1. The van der Waals surface area contributed by atoms with Crippen LogP contribution in [0, 0.1) is 0 Å². The topological polar surface area (TPSA) is 64.7 Å². The molecule has 17 heavy (non-hydrogen) atoms. The Labute approximate surface area is 105 Å². The summed E-state index contributed by atoms with van der Waals surface area (Å²) in [6.45, 7) is 1.82. The number of benzene rings is 1. The molecule has 1 aromatic carbocycles. The van der Waals surface area contributed by atoms with Crippen LogP contribution < -0.4 is 5.73 Å². The molecule has 1 aromatic rings. The second-order valence-electron chi connectivity index (χ2n) is 4.11. The molecule has 4 nitrogen and oxygen atoms in total. The van der Waals surface area contributed by atoms with Crippen LogP contribution in [0.2, 0.25) is 5.02 Å². The van der Waals surface area contributed by atoms with Crippen LogP contribution >= 0.6 is 11.6 Å². The highest BCUT2D eigenvalue weighted by Crippen LogP contribution is 2.25. The van der Waals surface area contributed by atoms with Gasteiger partial charge >= 0.3 is 0 Å². The van der Waals surface area contributed by atoms with Gasteiger partial charge in [0.15, 0.2) is 0 Å². The third kappa shape index (κ3) is 3.25. The van der Waals surface area contributed by atoms with Gasteiger partial charge in [0.2, 0.25) is 0 Å². The summed E-state index contributed by atoms with van der Waals surface area (Å²) in [6, 6.07) is 4.54. The lowest BCUT2D eigenvalue weighted by molar-refractivity contribution is 0.0732. The molecule has 3 N–H and O–H groups in total. The lowest BCUT2D eigenvalue weighted by Gasteiger charge is -2.03. The fourth-order valence-electron chi connectivity index (χ4n) is 1.95. The first-order chi connectivity index (χ1) is 8.16. The fraction of sp³-hybridized carbons (Fsp3) is 0.500. The van der Waals surface area contributed by atoms with Crippen molar-refractivity contribution in [1.29, 1.82) is 0 Å². The predicted octanol–water partition coefficient (Wildman–Crippen LogP) is 2.19. The largest absolute Gasteiger partial charge is 0.506 e. The van der Waals surface area contributed by atoms with Gasteiger partial charge in [-0.1, -0.05) is 11.6 Å². The zero-order valence-electron chi connectivity index (χ0n) is 9.43. The molecule has 0 unspecified atom stereocenters. The lowest BCUT2D eigenvalue weighted by Crippen LogP contribution is -2.13. The molecule has 3 rings (SSSR count). The van der Waals surface area contributed by atoms with Gasteiger partial charge in [0, 0.05) is 18.9 Å². The molecule has 2 fully saturated rings. The first kappa shape index (κ1) is 12.5. The molecule has 2 saturated heterocycles. The average molecular weight is 258 g/mol. The number of nitrogens with two attached hydrogens (primary N) is 1. The van der Waals surface area contributed by atoms with Crippen LogP contribution in [0.1, 0.15) is 12.8 Å². The van der Waals surface area contributed by atoms with Crippen LogP contribution in [0.5, 0.6) is 5.75 Å². The number of fused-ring (bicyclic) bond motifs is 1. The fourth-order valence-corrected chi connectivity index (χ4v) is 2.14. The van der Waals surface area contributed by atoms with Gasteiger partial charge in [0.1, 0.15) is 5.75 Å². The maximum Gasteiger partial charge on any atom is 0.134 e. The van der Waals surface area contributed by atoms with E-state index in [9.17, 15) is 0 Å². The molecule has 0 aromatic heterocycles. The Morgan fingerprint density at radius 3 is 2.24 bits per heavy atom. The van der Waals surface area contributed by atoms with Gasteiger partial charge in [-0.05, 0) is 31.0 Å². The average Bonchev–Trinajstić information content (AvgIpc) is 2.87. The smallest absolute Gasteiger partial charge is 0.134 e. The van der Waals surface area contributed by atoms with Crippen LogP contribution in [0.4, 0.5) is 5.69 Å². The summed E-state index contributed by atoms with van der Waals surface area (Å²) < 4.78 is 10.7. The number of hydrogen-bond acceptors (Lipinski definition) is 4. The van der Waals surface area contributed by atoms with E-state index in [1.807, 2.05) is 0 Å². The van der Waals surface area contributed by atoms with Crippen molar-refractivity contribution in [3.8, 4) is 5.75 Å². The molecule has 0 bridgehead atoms. The van der Waals surface area contributed by atoms with E-state index < -0.39 is 0 Å². The summed E-state index contributed by atoms with van der Waals surface area (Å²) in [5.74, 6) is 0.0610. The second-order valence-corrected chi connectivity index (χ2v) is 4.51. The van der Waals surface area contributed by atoms with Gasteiger partial charge in [0.25, 0.3) is 0 Å². The van der Waals surface area contributed by atoms with Crippen LogP contribution in [0.25, 0.3) is 0 Å². The summed E-state index contributed by atoms with van der Waals surface area (Å²) in [6.07, 6.45) is 3.14. The Morgan fingerprint density at radius 1 is 1.18 bits per heavy atom. The van der Waals surface area contributed by atoms with E-state index >= 15 is 0 Å². The number of phenols is 1. The highest BCUT2D eigenvalue weighted by molar-refractivity contribution is 6.32. The van der Waals surface area contributed by atoms with Crippen LogP contribution in [-0.4, -0.2) is 30.5 Å². The molecule has 0 saturated carbocycles. The molecular formula is C12H16ClNO3. The SMILES string of the molecule is C1C[C@H]2OCC[C@H]2O1.Nc1ccc(O)c(Cl)c1. The summed E-state index contributed by atoms with van der Waals surface area (Å²) >= 11 is 5.48. The van der Waals surface area contributed by atoms with Crippen molar-refractivity contribution in [2.24, 2.45) is 0 Å². The van der Waals surface area contributed by atoms with Gasteiger partial charge in [-0.15, -0.1) is 0 Å². The molecule has 2 atom stereocenters. The molecular weight excluding hydrogens is 242 g/mol. The van der Waals surface area contributed by atoms with Crippen molar-refractivity contribution < 1.29 is 14.6 Å². The minimum atomic E-state index is 0.0610. The lowest BCUT2D eigenvalue weighted by atomic mass is 10.2. The summed E-state index contributed by atoms with van der Waals surface area (Å²) in [4.78, 5) is 0. The van der Waals surface area contributed by atoms with Crippen molar-refractivity contribution in [2.45, 2.75) is 25.0 Å². The normalized spacial score (nSPS) is 26.2. The van der Waals surface area contributed by atoms with Gasteiger partial charge in [0.05, 0.1) is 17.2 Å². The summed E-state index contributed by atoms with van der Waals surface area (Å²) in [5, 5.41) is 9.14. The van der Waals surface area contributed by atoms with Crippen LogP contribution in [-0.2, 0) is 9.47 Å². The van der Waals surface area contributed by atoms with E-state index in [1.165, 1.54) is 12.1 Å². The minimum Gasteiger partial charge on any atom is -0.506 e. The van der Waals surface area contributed by atoms with Gasteiger partial charge in [-0.2, -0.15) is 0 Å². The number of hydrogen-bond donors (Lipinski definition) is 2. The first-order valence-corrected chi connectivity index (χ1v) is 6.02. The Balaban J connectivity index is 0.000000127. The van der Waals surface area contributed by atoms with E-state index in [2.05, 4.69) is 0 Å². The third-order valence-electron chi connectivity index (χ3n) is 2.86. The van der Waals surface area contributed by atoms with E-state index in [0.29, 0.717) is 17.9 Å². The predicted molar refractivity (Wildman–Crippen MR) is 66.2 cm³/mol. The number of phenolic OH excluding ortho intramolecular Hbond substituents is 1. The molecule has 2 heterocycles. The zero-order valence-corrected chi connectivity index (χ0v) is 10.2. The molecule has 2 aliphatic rings. The summed E-state index contributed by atoms with van der Waals surface area (Å²) in [7, 11) is 0. The Kier molecular flexibility index (Phi) is 4.10. The Bertz CT molecular complexity index is 366. The number of aromatic hydroxyl groups is 1. The molecule has 94 valence electrons. The van der Waals surface area contributed by atoms with Crippen molar-refractivity contribution in [1.82, 2.24) is 0 Å². The molecule has 0 spiro atoms. The maximum atomic E-state index is 8.86. The van der Waals surface area contributed by atoms with Gasteiger partial charge in [-0.3, -0.25) is 0 Å². The quantitative estimate of drug-likeness (QED) is 0.552. The van der Waals surface area contributed by atoms with E-state index in [0.717, 1.165) is 26.1 Å². The highest BCUT2D eigenvalue weighted by atomic mass is 35.5. The Morgan fingerprint density at radius 2 is 1.76 bits per heavy atom. The number of ether oxygens (including phenoxy) is 2.